The van der Waals surface area contributed by atoms with Crippen molar-refractivity contribution < 1.29 is 13.2 Å². The van der Waals surface area contributed by atoms with Gasteiger partial charge in [-0.1, -0.05) is 6.07 Å². The maximum absolute atomic E-state index is 12.1. The summed E-state index contributed by atoms with van der Waals surface area (Å²) in [6.07, 6.45) is -1.71. The topological polar surface area (TPSA) is 49.8 Å². The van der Waals surface area contributed by atoms with Crippen LogP contribution in [0.4, 0.5) is 24.8 Å². The average molecular weight is 340 g/mol. The van der Waals surface area contributed by atoms with E-state index in [4.69, 9.17) is 0 Å². The number of hydrogen-bond acceptors (Lipinski definition) is 4. The van der Waals surface area contributed by atoms with E-state index in [1.54, 1.807) is 6.20 Å². The molecule has 2 rings (SSSR count). The molecule has 0 radical (unpaired) electrons. The highest BCUT2D eigenvalue weighted by Gasteiger charge is 2.30. The van der Waals surface area contributed by atoms with E-state index in [2.05, 4.69) is 34.4 Å². The van der Waals surface area contributed by atoms with Crippen LogP contribution in [0.2, 0.25) is 0 Å². The summed E-state index contributed by atoms with van der Waals surface area (Å²) in [5, 5.41) is 6.10. The Morgan fingerprint density at radius 3 is 1.79 bits per heavy atom. The minimum Gasteiger partial charge on any atom is -0.368 e. The van der Waals surface area contributed by atoms with E-state index in [1.165, 1.54) is 6.07 Å². The van der Waals surface area contributed by atoms with Gasteiger partial charge in [0, 0.05) is 24.5 Å². The van der Waals surface area contributed by atoms with Crippen LogP contribution in [0, 0.1) is 0 Å². The number of nitrogens with zero attached hydrogens (tertiary/aromatic N) is 2. The molecule has 0 saturated carbocycles. The summed E-state index contributed by atoms with van der Waals surface area (Å²) in [7, 11) is 0. The van der Waals surface area contributed by atoms with Gasteiger partial charge in [0.2, 0.25) is 0 Å². The van der Waals surface area contributed by atoms with Gasteiger partial charge in [0.15, 0.2) is 0 Å². The highest BCUT2D eigenvalue weighted by molar-refractivity contribution is 5.36. The van der Waals surface area contributed by atoms with Crippen molar-refractivity contribution in [2.45, 2.75) is 46.0 Å². The molecule has 0 fully saturated rings. The molecular formula is C17H23F3N4. The molecule has 0 aliphatic heterocycles. The molecule has 4 nitrogen and oxygen atoms in total. The first kappa shape index (κ1) is 19.7. The molecule has 132 valence electrons. The van der Waals surface area contributed by atoms with Crippen molar-refractivity contribution in [2.75, 3.05) is 10.6 Å². The zero-order valence-corrected chi connectivity index (χ0v) is 14.2. The number of anilines is 2. The van der Waals surface area contributed by atoms with Gasteiger partial charge in [0.05, 0.1) is 5.56 Å². The third-order valence-corrected chi connectivity index (χ3v) is 2.63. The first-order valence-corrected chi connectivity index (χ1v) is 7.66. The fourth-order valence-corrected chi connectivity index (χ4v) is 1.69. The summed E-state index contributed by atoms with van der Waals surface area (Å²) in [6, 6.07) is 8.78. The van der Waals surface area contributed by atoms with E-state index in [0.717, 1.165) is 18.1 Å². The molecule has 2 aromatic rings. The van der Waals surface area contributed by atoms with Crippen molar-refractivity contribution >= 4 is 11.6 Å². The number of aromatic nitrogens is 2. The van der Waals surface area contributed by atoms with E-state index in [9.17, 15) is 13.2 Å². The van der Waals surface area contributed by atoms with Crippen LogP contribution in [0.25, 0.3) is 0 Å². The number of halogens is 3. The zero-order chi connectivity index (χ0) is 18.2. The number of hydrogen-bond donors (Lipinski definition) is 2. The van der Waals surface area contributed by atoms with Gasteiger partial charge in [0.1, 0.15) is 11.6 Å². The molecule has 0 spiro atoms. The molecule has 0 atom stereocenters. The van der Waals surface area contributed by atoms with Crippen LogP contribution < -0.4 is 10.6 Å². The van der Waals surface area contributed by atoms with Crippen LogP contribution in [0.5, 0.6) is 0 Å². The van der Waals surface area contributed by atoms with Crippen molar-refractivity contribution in [3.8, 4) is 0 Å². The van der Waals surface area contributed by atoms with Crippen LogP contribution in [-0.2, 0) is 6.18 Å². The molecule has 7 heteroatoms. The standard InChI is InChI=1S/C9H11F3N2.C8H12N2/c1-6(2)14-8-4-3-7(5-13-8)9(10,11)12;1-7(2)10-8-5-3-4-6-9-8/h3-6H,1-2H3,(H,13,14);3-7H,1-2H3,(H,9,10). The minimum atomic E-state index is -4.32. The third-order valence-electron chi connectivity index (χ3n) is 2.63. The molecule has 24 heavy (non-hydrogen) atoms. The lowest BCUT2D eigenvalue weighted by Gasteiger charge is -2.10. The smallest absolute Gasteiger partial charge is 0.368 e. The molecule has 0 bridgehead atoms. The lowest BCUT2D eigenvalue weighted by atomic mass is 10.2. The normalized spacial score (nSPS) is 11.0. The number of rotatable bonds is 4. The molecule has 0 saturated heterocycles. The van der Waals surface area contributed by atoms with Crippen molar-refractivity contribution in [3.63, 3.8) is 0 Å². The lowest BCUT2D eigenvalue weighted by Crippen LogP contribution is -2.12. The molecule has 2 aromatic heterocycles. The fraction of sp³-hybridized carbons (Fsp3) is 0.412. The van der Waals surface area contributed by atoms with E-state index < -0.39 is 11.7 Å². The first-order valence-electron chi connectivity index (χ1n) is 7.66. The van der Waals surface area contributed by atoms with Gasteiger partial charge < -0.3 is 10.6 Å². The Hall–Kier alpha value is -2.31. The summed E-state index contributed by atoms with van der Waals surface area (Å²) in [4.78, 5) is 7.76. The van der Waals surface area contributed by atoms with Crippen molar-refractivity contribution in [1.29, 1.82) is 0 Å². The lowest BCUT2D eigenvalue weighted by molar-refractivity contribution is -0.137. The summed E-state index contributed by atoms with van der Waals surface area (Å²) in [5.74, 6) is 1.39. The first-order chi connectivity index (χ1) is 11.2. The Bertz CT molecular complexity index is 581. The second-order valence-corrected chi connectivity index (χ2v) is 5.74. The van der Waals surface area contributed by atoms with Crippen molar-refractivity contribution in [2.24, 2.45) is 0 Å². The van der Waals surface area contributed by atoms with Crippen LogP contribution in [0.15, 0.2) is 42.7 Å². The Labute approximate surface area is 140 Å². The summed E-state index contributed by atoms with van der Waals surface area (Å²) >= 11 is 0. The van der Waals surface area contributed by atoms with Gasteiger partial charge >= 0.3 is 6.18 Å². The maximum Gasteiger partial charge on any atom is 0.417 e. The quantitative estimate of drug-likeness (QED) is 0.837. The monoisotopic (exact) mass is 340 g/mol. The zero-order valence-electron chi connectivity index (χ0n) is 14.2. The Kier molecular flexibility index (Phi) is 7.48. The van der Waals surface area contributed by atoms with Gasteiger partial charge in [-0.2, -0.15) is 13.2 Å². The molecular weight excluding hydrogens is 317 g/mol. The highest BCUT2D eigenvalue weighted by atomic mass is 19.4. The minimum absolute atomic E-state index is 0.152. The molecule has 0 aromatic carbocycles. The molecule has 0 aliphatic carbocycles. The van der Waals surface area contributed by atoms with Gasteiger partial charge in [-0.3, -0.25) is 0 Å². The van der Waals surface area contributed by atoms with Crippen LogP contribution in [0.3, 0.4) is 0 Å². The highest BCUT2D eigenvalue weighted by Crippen LogP contribution is 2.28. The SMILES string of the molecule is CC(C)Nc1ccc(C(F)(F)F)cn1.CC(C)Nc1ccccn1. The second kappa shape index (κ2) is 9.10. The van der Waals surface area contributed by atoms with Gasteiger partial charge in [-0.05, 0) is 52.0 Å². The van der Waals surface area contributed by atoms with E-state index in [-0.39, 0.29) is 6.04 Å². The summed E-state index contributed by atoms with van der Waals surface area (Å²) in [5.41, 5.74) is -0.730. The largest absolute Gasteiger partial charge is 0.417 e. The van der Waals surface area contributed by atoms with E-state index in [1.807, 2.05) is 32.0 Å². The van der Waals surface area contributed by atoms with Crippen LogP contribution in [0.1, 0.15) is 33.3 Å². The average Bonchev–Trinajstić information content (AvgIpc) is 2.47. The van der Waals surface area contributed by atoms with Gasteiger partial charge in [0.25, 0.3) is 0 Å². The Balaban J connectivity index is 0.000000254. The maximum atomic E-state index is 12.1. The second-order valence-electron chi connectivity index (χ2n) is 5.74. The number of pyridine rings is 2. The van der Waals surface area contributed by atoms with Crippen molar-refractivity contribution in [3.05, 3.63) is 48.3 Å². The summed E-state index contributed by atoms with van der Waals surface area (Å²) in [6.45, 7) is 7.96. The van der Waals surface area contributed by atoms with Crippen LogP contribution >= 0.6 is 0 Å². The Morgan fingerprint density at radius 1 is 0.833 bits per heavy atom. The fourth-order valence-electron chi connectivity index (χ4n) is 1.69. The van der Waals surface area contributed by atoms with Gasteiger partial charge in [-0.15, -0.1) is 0 Å². The summed E-state index contributed by atoms with van der Waals surface area (Å²) < 4.78 is 36.4. The van der Waals surface area contributed by atoms with E-state index >= 15 is 0 Å². The predicted octanol–water partition coefficient (Wildman–Crippen LogP) is 4.82. The van der Waals surface area contributed by atoms with Crippen LogP contribution in [-0.4, -0.2) is 22.1 Å². The third kappa shape index (κ3) is 7.80. The van der Waals surface area contributed by atoms with Crippen molar-refractivity contribution in [1.82, 2.24) is 9.97 Å². The molecule has 0 unspecified atom stereocenters. The predicted molar refractivity (Wildman–Crippen MR) is 91.0 cm³/mol. The van der Waals surface area contributed by atoms with Gasteiger partial charge in [-0.25, -0.2) is 9.97 Å². The number of alkyl halides is 3. The molecule has 0 amide bonds. The number of nitrogens with one attached hydrogen (secondary N) is 2. The Morgan fingerprint density at radius 2 is 1.42 bits per heavy atom. The van der Waals surface area contributed by atoms with E-state index in [0.29, 0.717) is 11.9 Å². The molecule has 2 heterocycles. The molecule has 2 N–H and O–H groups in total. The molecule has 0 aliphatic rings.